The van der Waals surface area contributed by atoms with Gasteiger partial charge in [-0.3, -0.25) is 9.59 Å². The van der Waals surface area contributed by atoms with E-state index in [1.807, 2.05) is 0 Å². The van der Waals surface area contributed by atoms with E-state index in [1.54, 1.807) is 11.8 Å². The smallest absolute Gasteiger partial charge is 0.315 e. The normalized spacial score (nSPS) is 16.4. The van der Waals surface area contributed by atoms with Gasteiger partial charge in [0.05, 0.1) is 6.54 Å². The predicted octanol–water partition coefficient (Wildman–Crippen LogP) is -1.03. The Labute approximate surface area is 117 Å². The number of hydrogen-bond acceptors (Lipinski definition) is 4. The molecule has 114 valence electrons. The van der Waals surface area contributed by atoms with Crippen LogP contribution in [0.25, 0.3) is 0 Å². The van der Waals surface area contributed by atoms with Crippen molar-refractivity contribution in [3.63, 3.8) is 0 Å². The summed E-state index contributed by atoms with van der Waals surface area (Å²) in [5.74, 6) is -1.01. The fourth-order valence-corrected chi connectivity index (χ4v) is 1.87. The molecule has 8 nitrogen and oxygen atoms in total. The van der Waals surface area contributed by atoms with Gasteiger partial charge in [0.25, 0.3) is 0 Å². The first-order valence-electron chi connectivity index (χ1n) is 6.73. The van der Waals surface area contributed by atoms with Crippen LogP contribution in [-0.2, 0) is 9.59 Å². The fourth-order valence-electron chi connectivity index (χ4n) is 1.87. The van der Waals surface area contributed by atoms with Crippen LogP contribution in [0.2, 0.25) is 0 Å². The van der Waals surface area contributed by atoms with Crippen LogP contribution in [0.3, 0.4) is 0 Å². The zero-order valence-corrected chi connectivity index (χ0v) is 11.6. The molecule has 0 saturated carbocycles. The molecule has 1 fully saturated rings. The second-order valence-corrected chi connectivity index (χ2v) is 4.79. The first-order chi connectivity index (χ1) is 9.49. The standard InChI is InChI=1S/C12H22N4O4/c1-9(2-3-11(18)19)15-12(20)14-8-10(17)16-6-4-13-5-7-16/h9,13H,2-8H2,1H3,(H,18,19)(H2,14,15,20). The van der Waals surface area contributed by atoms with Gasteiger partial charge < -0.3 is 26.0 Å². The molecule has 4 N–H and O–H groups in total. The molecule has 1 unspecified atom stereocenters. The van der Waals surface area contributed by atoms with Crippen LogP contribution in [0, 0.1) is 0 Å². The van der Waals surface area contributed by atoms with E-state index in [2.05, 4.69) is 16.0 Å². The number of carboxylic acids is 1. The van der Waals surface area contributed by atoms with Crippen LogP contribution in [0.15, 0.2) is 0 Å². The van der Waals surface area contributed by atoms with Crippen molar-refractivity contribution in [2.45, 2.75) is 25.8 Å². The highest BCUT2D eigenvalue weighted by Gasteiger charge is 2.17. The van der Waals surface area contributed by atoms with Gasteiger partial charge in [0, 0.05) is 38.6 Å². The van der Waals surface area contributed by atoms with E-state index in [9.17, 15) is 14.4 Å². The molecular weight excluding hydrogens is 264 g/mol. The molecule has 1 heterocycles. The molecule has 1 rings (SSSR count). The molecule has 0 bridgehead atoms. The molecule has 8 heteroatoms. The lowest BCUT2D eigenvalue weighted by atomic mass is 10.2. The molecule has 1 aliphatic rings. The lowest BCUT2D eigenvalue weighted by Crippen LogP contribution is -2.51. The average Bonchev–Trinajstić information content (AvgIpc) is 2.43. The van der Waals surface area contributed by atoms with Crippen molar-refractivity contribution >= 4 is 17.9 Å². The maximum Gasteiger partial charge on any atom is 0.315 e. The highest BCUT2D eigenvalue weighted by atomic mass is 16.4. The summed E-state index contributed by atoms with van der Waals surface area (Å²) < 4.78 is 0. The monoisotopic (exact) mass is 286 g/mol. The summed E-state index contributed by atoms with van der Waals surface area (Å²) in [7, 11) is 0. The van der Waals surface area contributed by atoms with Crippen LogP contribution in [-0.4, -0.2) is 66.7 Å². The number of rotatable bonds is 6. The van der Waals surface area contributed by atoms with Gasteiger partial charge in [-0.2, -0.15) is 0 Å². The molecule has 0 aromatic rings. The largest absolute Gasteiger partial charge is 0.481 e. The average molecular weight is 286 g/mol. The van der Waals surface area contributed by atoms with E-state index in [-0.39, 0.29) is 24.9 Å². The van der Waals surface area contributed by atoms with Crippen LogP contribution in [0.5, 0.6) is 0 Å². The van der Waals surface area contributed by atoms with E-state index in [4.69, 9.17) is 5.11 Å². The zero-order valence-electron chi connectivity index (χ0n) is 11.6. The van der Waals surface area contributed by atoms with Crippen LogP contribution < -0.4 is 16.0 Å². The SMILES string of the molecule is CC(CCC(=O)O)NC(=O)NCC(=O)N1CCNCC1. The molecule has 0 aliphatic carbocycles. The van der Waals surface area contributed by atoms with Crippen LogP contribution in [0.4, 0.5) is 4.79 Å². The summed E-state index contributed by atoms with van der Waals surface area (Å²) in [6, 6.07) is -0.702. The van der Waals surface area contributed by atoms with E-state index in [0.717, 1.165) is 13.1 Å². The molecule has 0 radical (unpaired) electrons. The van der Waals surface area contributed by atoms with Gasteiger partial charge in [0.15, 0.2) is 0 Å². The van der Waals surface area contributed by atoms with Crippen LogP contribution >= 0.6 is 0 Å². The number of carbonyl (C=O) groups is 3. The van der Waals surface area contributed by atoms with Crippen molar-refractivity contribution in [3.8, 4) is 0 Å². The van der Waals surface area contributed by atoms with E-state index >= 15 is 0 Å². The quantitative estimate of drug-likeness (QED) is 0.499. The minimum atomic E-state index is -0.895. The van der Waals surface area contributed by atoms with Crippen molar-refractivity contribution in [3.05, 3.63) is 0 Å². The molecule has 1 saturated heterocycles. The van der Waals surface area contributed by atoms with Crippen molar-refractivity contribution < 1.29 is 19.5 Å². The van der Waals surface area contributed by atoms with Gasteiger partial charge in [-0.05, 0) is 13.3 Å². The third kappa shape index (κ3) is 6.37. The number of carboxylic acid groups (broad SMARTS) is 1. The maximum atomic E-state index is 11.8. The Morgan fingerprint density at radius 2 is 1.95 bits per heavy atom. The summed E-state index contributed by atoms with van der Waals surface area (Å²) >= 11 is 0. The highest BCUT2D eigenvalue weighted by Crippen LogP contribution is 1.96. The molecule has 3 amide bonds. The van der Waals surface area contributed by atoms with Gasteiger partial charge in [-0.15, -0.1) is 0 Å². The summed E-state index contributed by atoms with van der Waals surface area (Å²) in [6.45, 7) is 4.51. The Hall–Kier alpha value is -1.83. The Bertz CT molecular complexity index is 355. The van der Waals surface area contributed by atoms with Crippen molar-refractivity contribution in [2.75, 3.05) is 32.7 Å². The summed E-state index contributed by atoms with van der Waals surface area (Å²) in [4.78, 5) is 35.4. The number of aliphatic carboxylic acids is 1. The lowest BCUT2D eigenvalue weighted by molar-refractivity contribution is -0.137. The molecule has 0 aromatic heterocycles. The van der Waals surface area contributed by atoms with Gasteiger partial charge in [0.2, 0.25) is 5.91 Å². The summed E-state index contributed by atoms with van der Waals surface area (Å²) in [5, 5.41) is 16.8. The second-order valence-electron chi connectivity index (χ2n) is 4.79. The number of piperazine rings is 1. The van der Waals surface area contributed by atoms with Crippen molar-refractivity contribution in [2.24, 2.45) is 0 Å². The first-order valence-corrected chi connectivity index (χ1v) is 6.73. The molecule has 0 aromatic carbocycles. The third-order valence-corrected chi connectivity index (χ3v) is 3.04. The highest BCUT2D eigenvalue weighted by molar-refractivity contribution is 5.84. The minimum Gasteiger partial charge on any atom is -0.481 e. The molecule has 1 aliphatic heterocycles. The zero-order chi connectivity index (χ0) is 15.0. The Kier molecular flexibility index (Phi) is 6.78. The maximum absolute atomic E-state index is 11.8. The topological polar surface area (TPSA) is 111 Å². The van der Waals surface area contributed by atoms with Crippen molar-refractivity contribution in [1.29, 1.82) is 0 Å². The van der Waals surface area contributed by atoms with Gasteiger partial charge in [0.1, 0.15) is 0 Å². The minimum absolute atomic E-state index is 0.00115. The molecule has 20 heavy (non-hydrogen) atoms. The molecule has 0 spiro atoms. The Balaban J connectivity index is 2.18. The summed E-state index contributed by atoms with van der Waals surface area (Å²) in [5.41, 5.74) is 0. The lowest BCUT2D eigenvalue weighted by Gasteiger charge is -2.27. The van der Waals surface area contributed by atoms with E-state index in [0.29, 0.717) is 19.5 Å². The van der Waals surface area contributed by atoms with Gasteiger partial charge in [-0.25, -0.2) is 4.79 Å². The van der Waals surface area contributed by atoms with Gasteiger partial charge in [-0.1, -0.05) is 0 Å². The Morgan fingerprint density at radius 1 is 1.30 bits per heavy atom. The van der Waals surface area contributed by atoms with E-state index in [1.165, 1.54) is 0 Å². The fraction of sp³-hybridized carbons (Fsp3) is 0.750. The first kappa shape index (κ1) is 16.2. The Morgan fingerprint density at radius 3 is 2.55 bits per heavy atom. The number of urea groups is 1. The molecular formula is C12H22N4O4. The van der Waals surface area contributed by atoms with Gasteiger partial charge >= 0.3 is 12.0 Å². The number of nitrogens with one attached hydrogen (secondary N) is 3. The number of amides is 3. The number of carbonyl (C=O) groups excluding carboxylic acids is 2. The summed E-state index contributed by atoms with van der Waals surface area (Å²) in [6.07, 6.45) is 0.357. The van der Waals surface area contributed by atoms with Crippen LogP contribution in [0.1, 0.15) is 19.8 Å². The number of nitrogens with zero attached hydrogens (tertiary/aromatic N) is 1. The number of hydrogen-bond donors (Lipinski definition) is 4. The van der Waals surface area contributed by atoms with E-state index < -0.39 is 12.0 Å². The van der Waals surface area contributed by atoms with Crippen molar-refractivity contribution in [1.82, 2.24) is 20.9 Å². The third-order valence-electron chi connectivity index (χ3n) is 3.04. The second kappa shape index (κ2) is 8.36. The molecule has 1 atom stereocenters. The predicted molar refractivity (Wildman–Crippen MR) is 72.3 cm³/mol.